The lowest BCUT2D eigenvalue weighted by atomic mass is 9.62. The van der Waals surface area contributed by atoms with Crippen LogP contribution in [0.4, 0.5) is 16.0 Å². The monoisotopic (exact) mass is 650 g/mol. The number of imidazole rings is 1. The van der Waals surface area contributed by atoms with Gasteiger partial charge >= 0.3 is 0 Å². The first-order valence-electron chi connectivity index (χ1n) is 15.6. The molecular formula is C34H36ClFN4O6. The van der Waals surface area contributed by atoms with E-state index in [0.29, 0.717) is 49.5 Å². The molecule has 12 heteroatoms. The van der Waals surface area contributed by atoms with Gasteiger partial charge in [-0.3, -0.25) is 4.79 Å². The third kappa shape index (κ3) is 5.34. The molecule has 1 aromatic heterocycles. The molecule has 3 aliphatic rings. The molecule has 7 rings (SSSR count). The van der Waals surface area contributed by atoms with Crippen LogP contribution in [0.2, 0.25) is 5.02 Å². The van der Waals surface area contributed by atoms with E-state index in [4.69, 9.17) is 21.3 Å². The van der Waals surface area contributed by atoms with Crippen LogP contribution in [0.5, 0.6) is 0 Å². The Labute approximate surface area is 270 Å². The highest BCUT2D eigenvalue weighted by atomic mass is 35.5. The lowest BCUT2D eigenvalue weighted by Crippen LogP contribution is -2.66. The minimum atomic E-state index is -1.40. The first kappa shape index (κ1) is 31.0. The predicted molar refractivity (Wildman–Crippen MR) is 170 cm³/mol. The molecule has 4 heterocycles. The van der Waals surface area contributed by atoms with E-state index in [2.05, 4.69) is 9.88 Å². The summed E-state index contributed by atoms with van der Waals surface area (Å²) in [6.45, 7) is 0.794. The second kappa shape index (κ2) is 12.2. The van der Waals surface area contributed by atoms with Crippen LogP contribution in [-0.2, 0) is 16.0 Å². The molecule has 46 heavy (non-hydrogen) atoms. The van der Waals surface area contributed by atoms with Crippen molar-refractivity contribution >= 4 is 40.2 Å². The summed E-state index contributed by atoms with van der Waals surface area (Å²) in [7, 11) is 0. The number of aliphatic hydroxyl groups excluding tert-OH is 4. The second-order valence-electron chi connectivity index (χ2n) is 12.6. The van der Waals surface area contributed by atoms with Crippen LogP contribution in [-0.4, -0.2) is 86.5 Å². The van der Waals surface area contributed by atoms with E-state index in [1.165, 1.54) is 12.1 Å². The minimum absolute atomic E-state index is 0.0202. The maximum Gasteiger partial charge on any atom is 0.236 e. The molecule has 242 valence electrons. The van der Waals surface area contributed by atoms with Crippen LogP contribution in [0.15, 0.2) is 66.7 Å². The van der Waals surface area contributed by atoms with E-state index < -0.39 is 42.5 Å². The SMILES string of the molecule is O=C1N(c2ccc(F)cc2)C(c2ccc(CCC3OC(CO)C(O)C(O)C3O)cc2)C12CCN(c1nc3cc(Cl)ccc3[nH]1)CC2. The molecule has 6 unspecified atom stereocenters. The Bertz CT molecular complexity index is 1710. The number of rotatable bonds is 7. The smallest absolute Gasteiger partial charge is 0.236 e. The maximum atomic E-state index is 14.0. The summed E-state index contributed by atoms with van der Waals surface area (Å²) in [5.74, 6) is 0.397. The summed E-state index contributed by atoms with van der Waals surface area (Å²) in [4.78, 5) is 26.0. The number of carbonyl (C=O) groups is 1. The fraction of sp³-hybridized carbons (Fsp3) is 0.412. The highest BCUT2D eigenvalue weighted by Gasteiger charge is 2.62. The number of aryl methyl sites for hydroxylation is 1. The van der Waals surface area contributed by atoms with Gasteiger partial charge in [0.25, 0.3) is 0 Å². The Balaban J connectivity index is 1.10. The van der Waals surface area contributed by atoms with E-state index in [1.54, 1.807) is 17.0 Å². The minimum Gasteiger partial charge on any atom is -0.394 e. The number of aliphatic hydroxyl groups is 4. The number of hydrogen-bond donors (Lipinski definition) is 5. The average molecular weight is 651 g/mol. The zero-order valence-corrected chi connectivity index (χ0v) is 25.7. The average Bonchev–Trinajstić information content (AvgIpc) is 3.50. The summed E-state index contributed by atoms with van der Waals surface area (Å²) in [5, 5.41) is 40.7. The standard InChI is InChI=1S/C34H36ClFN4O6/c35-21-6-11-24-25(17-21)38-33(37-24)39-15-13-34(14-16-39)31(40(32(34)45)23-9-7-22(36)8-10-23)20-4-1-19(2-5-20)3-12-26-28(42)30(44)29(43)27(18-41)46-26/h1-2,4-11,17,26-31,41-44H,3,12-16,18H2,(H,37,38). The molecule has 3 aromatic carbocycles. The van der Waals surface area contributed by atoms with E-state index in [9.17, 15) is 29.6 Å². The molecule has 0 bridgehead atoms. The highest BCUT2D eigenvalue weighted by molar-refractivity contribution is 6.31. The third-order valence-corrected chi connectivity index (χ3v) is 10.2. The van der Waals surface area contributed by atoms with Crippen LogP contribution in [0, 0.1) is 11.2 Å². The zero-order valence-electron chi connectivity index (χ0n) is 25.0. The first-order valence-corrected chi connectivity index (χ1v) is 15.9. The summed E-state index contributed by atoms with van der Waals surface area (Å²) in [6, 6.07) is 19.3. The van der Waals surface area contributed by atoms with Crippen LogP contribution in [0.3, 0.4) is 0 Å². The van der Waals surface area contributed by atoms with Crippen molar-refractivity contribution in [3.8, 4) is 0 Å². The number of aromatic amines is 1. The number of halogens is 2. The van der Waals surface area contributed by atoms with Gasteiger partial charge in [-0.1, -0.05) is 35.9 Å². The Kier molecular flexibility index (Phi) is 8.25. The number of amides is 1. The van der Waals surface area contributed by atoms with Gasteiger partial charge in [0.15, 0.2) is 0 Å². The summed E-state index contributed by atoms with van der Waals surface area (Å²) >= 11 is 6.16. The Morgan fingerprint density at radius 3 is 2.35 bits per heavy atom. The number of β-lactam (4-membered cyclic amide) rings is 1. The number of benzene rings is 3. The van der Waals surface area contributed by atoms with Gasteiger partial charge in [-0.15, -0.1) is 0 Å². The summed E-state index contributed by atoms with van der Waals surface area (Å²) < 4.78 is 19.5. The van der Waals surface area contributed by atoms with Crippen molar-refractivity contribution in [2.24, 2.45) is 5.41 Å². The largest absolute Gasteiger partial charge is 0.394 e. The Morgan fingerprint density at radius 2 is 1.65 bits per heavy atom. The number of ether oxygens (including phenoxy) is 1. The van der Waals surface area contributed by atoms with Gasteiger partial charge in [-0.05, 0) is 79.3 Å². The number of fused-ring (bicyclic) bond motifs is 1. The van der Waals surface area contributed by atoms with Crippen molar-refractivity contribution in [3.63, 3.8) is 0 Å². The van der Waals surface area contributed by atoms with Gasteiger partial charge in [0.2, 0.25) is 11.9 Å². The molecule has 3 aliphatic heterocycles. The van der Waals surface area contributed by atoms with Gasteiger partial charge in [0, 0.05) is 23.8 Å². The molecule has 5 N–H and O–H groups in total. The number of anilines is 2. The van der Waals surface area contributed by atoms with Crippen molar-refractivity contribution in [2.45, 2.75) is 62.2 Å². The molecule has 0 radical (unpaired) electrons. The number of hydrogen-bond acceptors (Lipinski definition) is 8. The maximum absolute atomic E-state index is 14.0. The second-order valence-corrected chi connectivity index (χ2v) is 13.0. The predicted octanol–water partition coefficient (Wildman–Crippen LogP) is 3.51. The van der Waals surface area contributed by atoms with Gasteiger partial charge < -0.3 is 39.9 Å². The lowest BCUT2D eigenvalue weighted by molar-refractivity contribution is -0.230. The normalized spacial score (nSPS) is 27.7. The van der Waals surface area contributed by atoms with Gasteiger partial charge in [0.05, 0.1) is 35.2 Å². The summed E-state index contributed by atoms with van der Waals surface area (Å²) in [6.07, 6.45) is -3.62. The van der Waals surface area contributed by atoms with Gasteiger partial charge in [-0.2, -0.15) is 0 Å². The molecule has 10 nitrogen and oxygen atoms in total. The van der Waals surface area contributed by atoms with Crippen LogP contribution in [0.25, 0.3) is 11.0 Å². The zero-order chi connectivity index (χ0) is 32.2. The van der Waals surface area contributed by atoms with E-state index >= 15 is 0 Å². The number of aromatic nitrogens is 2. The summed E-state index contributed by atoms with van der Waals surface area (Å²) in [5.41, 5.74) is 3.63. The van der Waals surface area contributed by atoms with Crippen molar-refractivity contribution < 1.29 is 34.3 Å². The van der Waals surface area contributed by atoms with Crippen LogP contribution >= 0.6 is 11.6 Å². The van der Waals surface area contributed by atoms with Crippen molar-refractivity contribution in [3.05, 3.63) is 88.7 Å². The van der Waals surface area contributed by atoms with Gasteiger partial charge in [-0.25, -0.2) is 9.37 Å². The van der Waals surface area contributed by atoms with Crippen molar-refractivity contribution in [1.29, 1.82) is 0 Å². The fourth-order valence-electron chi connectivity index (χ4n) is 7.30. The van der Waals surface area contributed by atoms with Gasteiger partial charge in [0.1, 0.15) is 30.2 Å². The Morgan fingerprint density at radius 1 is 0.957 bits per heavy atom. The topological polar surface area (TPSA) is 142 Å². The van der Waals surface area contributed by atoms with E-state index in [0.717, 1.165) is 28.1 Å². The Hall–Kier alpha value is -3.58. The molecule has 0 aliphatic carbocycles. The van der Waals surface area contributed by atoms with Crippen molar-refractivity contribution in [1.82, 2.24) is 9.97 Å². The molecule has 6 atom stereocenters. The number of nitrogens with zero attached hydrogens (tertiary/aromatic N) is 3. The molecule has 3 fully saturated rings. The molecule has 0 saturated carbocycles. The third-order valence-electron chi connectivity index (χ3n) is 9.92. The van der Waals surface area contributed by atoms with Crippen LogP contribution in [0.1, 0.15) is 36.4 Å². The molecule has 3 saturated heterocycles. The van der Waals surface area contributed by atoms with Crippen molar-refractivity contribution in [2.75, 3.05) is 29.5 Å². The molecule has 1 spiro atoms. The van der Waals surface area contributed by atoms with E-state index in [-0.39, 0.29) is 17.8 Å². The number of carbonyl (C=O) groups excluding carboxylic acids is 1. The number of H-pyrrole nitrogens is 1. The lowest BCUT2D eigenvalue weighted by Gasteiger charge is -2.59. The van der Waals surface area contributed by atoms with E-state index in [1.807, 2.05) is 42.5 Å². The molecule has 4 aromatic rings. The quantitative estimate of drug-likeness (QED) is 0.191. The molecular weight excluding hydrogens is 615 g/mol. The first-order chi connectivity index (χ1) is 22.2. The molecule has 1 amide bonds. The number of piperidine rings is 1. The van der Waals surface area contributed by atoms with Crippen LogP contribution < -0.4 is 9.80 Å². The highest BCUT2D eigenvalue weighted by Crippen LogP contribution is 2.57. The number of nitrogens with one attached hydrogen (secondary N) is 1. The fourth-order valence-corrected chi connectivity index (χ4v) is 7.47.